The van der Waals surface area contributed by atoms with Crippen LogP contribution in [-0.4, -0.2) is 50.6 Å². The molecule has 186 valence electrons. The van der Waals surface area contributed by atoms with Crippen LogP contribution in [0.25, 0.3) is 22.2 Å². The Morgan fingerprint density at radius 1 is 1.11 bits per heavy atom. The molecule has 2 N–H and O–H groups in total. The Morgan fingerprint density at radius 2 is 1.89 bits per heavy atom. The lowest BCUT2D eigenvalue weighted by Crippen LogP contribution is -2.36. The number of likely N-dealkylation sites (tertiary alicyclic amines) is 1. The number of aromatic nitrogens is 4. The van der Waals surface area contributed by atoms with E-state index in [1.165, 1.54) is 6.42 Å². The van der Waals surface area contributed by atoms with Crippen molar-refractivity contribution in [2.45, 2.75) is 32.3 Å². The summed E-state index contributed by atoms with van der Waals surface area (Å²) in [6.45, 7) is 4.22. The minimum Gasteiger partial charge on any atom is -0.486 e. The lowest BCUT2D eigenvalue weighted by molar-refractivity contribution is -0.117. The van der Waals surface area contributed by atoms with E-state index in [1.54, 1.807) is 24.7 Å². The van der Waals surface area contributed by atoms with E-state index in [2.05, 4.69) is 30.4 Å². The molecule has 0 bridgehead atoms. The van der Waals surface area contributed by atoms with E-state index in [1.807, 2.05) is 31.2 Å². The molecule has 1 aliphatic heterocycles. The highest BCUT2D eigenvalue weighted by Gasteiger charge is 2.18. The quantitative estimate of drug-likeness (QED) is 0.312. The molecule has 0 aliphatic carbocycles. The molecule has 4 heterocycles. The van der Waals surface area contributed by atoms with Crippen molar-refractivity contribution >= 4 is 45.8 Å². The highest BCUT2D eigenvalue weighted by atomic mass is 35.5. The lowest BCUT2D eigenvalue weighted by Gasteiger charge is -2.25. The molecule has 1 fully saturated rings. The van der Waals surface area contributed by atoms with E-state index in [0.717, 1.165) is 48.1 Å². The van der Waals surface area contributed by atoms with Crippen molar-refractivity contribution < 1.29 is 9.53 Å². The first kappa shape index (κ1) is 24.5. The van der Waals surface area contributed by atoms with Gasteiger partial charge in [-0.05, 0) is 63.2 Å². The number of rotatable bonds is 7. The van der Waals surface area contributed by atoms with Crippen LogP contribution < -0.4 is 10.1 Å². The van der Waals surface area contributed by atoms with E-state index in [0.29, 0.717) is 33.7 Å². The molecule has 10 heteroatoms. The molecule has 4 aromatic rings. The number of anilines is 1. The lowest BCUT2D eigenvalue weighted by atomic mass is 10.1. The fourth-order valence-corrected chi connectivity index (χ4v) is 5.14. The van der Waals surface area contributed by atoms with E-state index in [4.69, 9.17) is 27.9 Å². The van der Waals surface area contributed by atoms with Crippen LogP contribution in [0, 0.1) is 0 Å². The van der Waals surface area contributed by atoms with Crippen LogP contribution in [0.3, 0.4) is 0 Å². The number of amides is 1. The Hall–Kier alpha value is -3.20. The van der Waals surface area contributed by atoms with Gasteiger partial charge in [-0.25, -0.2) is 4.98 Å². The maximum Gasteiger partial charge on any atom is 0.239 e. The molecular weight excluding hydrogens is 499 g/mol. The fourth-order valence-electron chi connectivity index (χ4n) is 4.47. The maximum absolute atomic E-state index is 12.4. The maximum atomic E-state index is 12.4. The van der Waals surface area contributed by atoms with Crippen LogP contribution in [0.1, 0.15) is 37.9 Å². The molecule has 1 aromatic carbocycles. The highest BCUT2D eigenvalue weighted by molar-refractivity contribution is 6.35. The van der Waals surface area contributed by atoms with E-state index >= 15 is 0 Å². The number of nitrogens with one attached hydrogen (secondary N) is 2. The molecule has 36 heavy (non-hydrogen) atoms. The van der Waals surface area contributed by atoms with Gasteiger partial charge in [0.25, 0.3) is 0 Å². The molecule has 1 unspecified atom stereocenters. The molecule has 0 radical (unpaired) electrons. The number of halogens is 2. The molecule has 1 atom stereocenters. The summed E-state index contributed by atoms with van der Waals surface area (Å²) >= 11 is 12.6. The molecule has 0 saturated carbocycles. The highest BCUT2D eigenvalue weighted by Crippen LogP contribution is 2.34. The number of H-pyrrole nitrogens is 1. The second kappa shape index (κ2) is 10.8. The number of fused-ring (bicyclic) bond motifs is 1. The first-order valence-electron chi connectivity index (χ1n) is 11.9. The van der Waals surface area contributed by atoms with Gasteiger partial charge in [-0.2, -0.15) is 5.10 Å². The van der Waals surface area contributed by atoms with Gasteiger partial charge in [-0.3, -0.25) is 19.8 Å². The Bertz CT molecular complexity index is 1350. The van der Waals surface area contributed by atoms with E-state index < -0.39 is 0 Å². The summed E-state index contributed by atoms with van der Waals surface area (Å²) in [4.78, 5) is 23.0. The monoisotopic (exact) mass is 524 g/mol. The minimum absolute atomic E-state index is 0.0484. The third kappa shape index (κ3) is 5.46. The van der Waals surface area contributed by atoms with Gasteiger partial charge < -0.3 is 10.1 Å². The zero-order valence-electron chi connectivity index (χ0n) is 19.8. The summed E-state index contributed by atoms with van der Waals surface area (Å²) in [5.41, 5.74) is 3.11. The number of hydrogen-bond donors (Lipinski definition) is 2. The van der Waals surface area contributed by atoms with Gasteiger partial charge >= 0.3 is 0 Å². The van der Waals surface area contributed by atoms with Crippen LogP contribution in [0.4, 0.5) is 5.82 Å². The van der Waals surface area contributed by atoms with Crippen molar-refractivity contribution in [1.82, 2.24) is 25.1 Å². The number of pyridine rings is 2. The average Bonchev–Trinajstić information content (AvgIpc) is 3.28. The van der Waals surface area contributed by atoms with Crippen molar-refractivity contribution in [1.29, 1.82) is 0 Å². The standard InChI is InChI=1S/C26H26Cl2N6O2/c1-16(25-20(27)13-29-14-21(25)28)36-18-6-7-22-19(11-18)26(33-32-22)17-5-8-23(30-12-17)31-24(35)15-34-9-3-2-4-10-34/h5-8,11-14,16H,2-4,9-10,15H2,1H3,(H,32,33)(H,30,31,35). The predicted molar refractivity (Wildman–Crippen MR) is 142 cm³/mol. The summed E-state index contributed by atoms with van der Waals surface area (Å²) in [6, 6.07) is 9.38. The van der Waals surface area contributed by atoms with Gasteiger partial charge in [-0.1, -0.05) is 29.6 Å². The first-order chi connectivity index (χ1) is 17.5. The number of ether oxygens (including phenoxy) is 1. The molecule has 0 spiro atoms. The minimum atomic E-state index is -0.379. The molecule has 3 aromatic heterocycles. The van der Waals surface area contributed by atoms with Crippen molar-refractivity contribution in [3.8, 4) is 17.0 Å². The zero-order chi connectivity index (χ0) is 25.1. The number of aromatic amines is 1. The third-order valence-electron chi connectivity index (χ3n) is 6.26. The van der Waals surface area contributed by atoms with Gasteiger partial charge in [0.05, 0.1) is 22.1 Å². The fraction of sp³-hybridized carbons (Fsp3) is 0.308. The van der Waals surface area contributed by atoms with Crippen LogP contribution >= 0.6 is 23.2 Å². The molecule has 1 saturated heterocycles. The van der Waals surface area contributed by atoms with Crippen molar-refractivity contribution in [3.05, 3.63) is 64.5 Å². The second-order valence-electron chi connectivity index (χ2n) is 8.87. The van der Waals surface area contributed by atoms with Crippen LogP contribution in [-0.2, 0) is 4.79 Å². The molecule has 1 aliphatic rings. The predicted octanol–water partition coefficient (Wildman–Crippen LogP) is 5.89. The summed E-state index contributed by atoms with van der Waals surface area (Å²) in [6.07, 6.45) is 7.96. The van der Waals surface area contributed by atoms with E-state index in [9.17, 15) is 4.79 Å². The van der Waals surface area contributed by atoms with Crippen molar-refractivity contribution in [2.75, 3.05) is 25.0 Å². The summed E-state index contributed by atoms with van der Waals surface area (Å²) in [5, 5.41) is 12.2. The molecular formula is C26H26Cl2N6O2. The van der Waals surface area contributed by atoms with Crippen LogP contribution in [0.15, 0.2) is 48.9 Å². The van der Waals surface area contributed by atoms with Gasteiger partial charge in [0, 0.05) is 35.1 Å². The Kier molecular flexibility index (Phi) is 7.36. The normalized spacial score (nSPS) is 15.1. The number of benzene rings is 1. The van der Waals surface area contributed by atoms with Gasteiger partial charge in [0.2, 0.25) is 5.91 Å². The molecule has 5 rings (SSSR count). The first-order valence-corrected chi connectivity index (χ1v) is 12.7. The van der Waals surface area contributed by atoms with Gasteiger partial charge in [-0.15, -0.1) is 0 Å². The van der Waals surface area contributed by atoms with Gasteiger partial charge in [0.1, 0.15) is 23.4 Å². The Labute approximate surface area is 219 Å². The average molecular weight is 525 g/mol. The smallest absolute Gasteiger partial charge is 0.239 e. The van der Waals surface area contributed by atoms with Crippen molar-refractivity contribution in [3.63, 3.8) is 0 Å². The number of piperidine rings is 1. The third-order valence-corrected chi connectivity index (χ3v) is 6.87. The summed E-state index contributed by atoms with van der Waals surface area (Å²) < 4.78 is 6.15. The number of carbonyl (C=O) groups is 1. The molecule has 1 amide bonds. The summed E-state index contributed by atoms with van der Waals surface area (Å²) in [7, 11) is 0. The van der Waals surface area contributed by atoms with Gasteiger partial charge in [0.15, 0.2) is 0 Å². The number of carbonyl (C=O) groups excluding carboxylic acids is 1. The second-order valence-corrected chi connectivity index (χ2v) is 9.69. The number of hydrogen-bond acceptors (Lipinski definition) is 6. The Morgan fingerprint density at radius 3 is 2.61 bits per heavy atom. The Balaban J connectivity index is 1.30. The van der Waals surface area contributed by atoms with Crippen LogP contribution in [0.5, 0.6) is 5.75 Å². The SMILES string of the molecule is CC(Oc1ccc2[nH]nc(-c3ccc(NC(=O)CN4CCCCC4)nc3)c2c1)c1c(Cl)cncc1Cl. The molecule has 8 nitrogen and oxygen atoms in total. The number of nitrogens with zero attached hydrogens (tertiary/aromatic N) is 4. The van der Waals surface area contributed by atoms with E-state index in [-0.39, 0.29) is 12.0 Å². The van der Waals surface area contributed by atoms with Crippen LogP contribution in [0.2, 0.25) is 10.0 Å². The van der Waals surface area contributed by atoms with Crippen molar-refractivity contribution in [2.24, 2.45) is 0 Å². The zero-order valence-corrected chi connectivity index (χ0v) is 21.3. The largest absolute Gasteiger partial charge is 0.486 e. The summed E-state index contributed by atoms with van der Waals surface area (Å²) in [5.74, 6) is 1.12. The topological polar surface area (TPSA) is 96.0 Å².